The minimum Gasteiger partial charge on any atom is -0.341 e. The third-order valence-corrected chi connectivity index (χ3v) is 6.35. The third-order valence-electron chi connectivity index (χ3n) is 5.52. The number of carbonyl (C=O) groups is 2. The molecule has 0 bridgehead atoms. The summed E-state index contributed by atoms with van der Waals surface area (Å²) < 4.78 is 0. The average Bonchev–Trinajstić information content (AvgIpc) is 2.95. The number of hydrogen-bond acceptors (Lipinski definition) is 5. The highest BCUT2D eigenvalue weighted by atomic mass is 32.1. The van der Waals surface area contributed by atoms with Crippen molar-refractivity contribution in [3.8, 4) is 6.07 Å². The maximum absolute atomic E-state index is 12.6. The van der Waals surface area contributed by atoms with Gasteiger partial charge in [-0.3, -0.25) is 9.59 Å². The Morgan fingerprint density at radius 2 is 2.21 bits per heavy atom. The van der Waals surface area contributed by atoms with Crippen LogP contribution in [0.2, 0.25) is 0 Å². The minimum atomic E-state index is -0.758. The predicted molar refractivity (Wildman–Crippen MR) is 87.8 cm³/mol. The number of thiazole rings is 1. The van der Waals surface area contributed by atoms with Gasteiger partial charge in [-0.1, -0.05) is 0 Å². The molecule has 1 atom stereocenters. The summed E-state index contributed by atoms with van der Waals surface area (Å²) in [5, 5.41) is 12.2. The summed E-state index contributed by atoms with van der Waals surface area (Å²) in [6, 6.07) is 2.18. The van der Waals surface area contributed by atoms with E-state index >= 15 is 0 Å². The van der Waals surface area contributed by atoms with Crippen LogP contribution in [0.1, 0.15) is 36.4 Å². The molecule has 3 aliphatic rings. The van der Waals surface area contributed by atoms with E-state index in [0.29, 0.717) is 45.4 Å². The maximum Gasteiger partial charge on any atom is 0.243 e. The topological polar surface area (TPSA) is 77.3 Å². The normalized spacial score (nSPS) is 27.8. The zero-order valence-corrected chi connectivity index (χ0v) is 14.6. The summed E-state index contributed by atoms with van der Waals surface area (Å²) in [6.45, 7) is 4.48. The van der Waals surface area contributed by atoms with Gasteiger partial charge in [0.15, 0.2) is 0 Å². The van der Waals surface area contributed by atoms with E-state index in [4.69, 9.17) is 0 Å². The van der Waals surface area contributed by atoms with E-state index in [9.17, 15) is 14.9 Å². The standard InChI is InChI=1S/C17H20N4O2S/c1-12-19-13(8-24-12)7-21-11-16(6-14(21)22)4-5-20(10-16)15(23)17(9-18)2-3-17/h8H,2-7,10-11H2,1H3. The number of nitriles is 1. The molecule has 126 valence electrons. The van der Waals surface area contributed by atoms with Gasteiger partial charge in [0.25, 0.3) is 0 Å². The molecule has 2 saturated heterocycles. The number of rotatable bonds is 3. The van der Waals surface area contributed by atoms with Crippen LogP contribution < -0.4 is 0 Å². The monoisotopic (exact) mass is 344 g/mol. The van der Waals surface area contributed by atoms with Gasteiger partial charge in [0.1, 0.15) is 5.41 Å². The molecule has 1 spiro atoms. The van der Waals surface area contributed by atoms with Gasteiger partial charge in [-0.05, 0) is 26.2 Å². The molecule has 1 aliphatic carbocycles. The molecular formula is C17H20N4O2S. The molecule has 4 rings (SSSR count). The van der Waals surface area contributed by atoms with Gasteiger partial charge in [-0.15, -0.1) is 11.3 Å². The van der Waals surface area contributed by atoms with Crippen LogP contribution in [0, 0.1) is 29.1 Å². The summed E-state index contributed by atoms with van der Waals surface area (Å²) >= 11 is 1.60. The number of amides is 2. The fraction of sp³-hybridized carbons (Fsp3) is 0.647. The lowest BCUT2D eigenvalue weighted by Gasteiger charge is -2.25. The first-order valence-corrected chi connectivity index (χ1v) is 9.23. The van der Waals surface area contributed by atoms with E-state index in [1.165, 1.54) is 0 Å². The summed E-state index contributed by atoms with van der Waals surface area (Å²) in [4.78, 5) is 33.1. The highest BCUT2D eigenvalue weighted by Gasteiger charge is 2.56. The molecule has 6 nitrogen and oxygen atoms in total. The Bertz CT molecular complexity index is 748. The lowest BCUT2D eigenvalue weighted by molar-refractivity contribution is -0.134. The molecule has 1 saturated carbocycles. The fourth-order valence-electron chi connectivity index (χ4n) is 3.99. The van der Waals surface area contributed by atoms with Gasteiger partial charge in [-0.25, -0.2) is 4.98 Å². The maximum atomic E-state index is 12.6. The first kappa shape index (κ1) is 15.6. The Labute approximate surface area is 145 Å². The Hall–Kier alpha value is -1.94. The van der Waals surface area contributed by atoms with Crippen molar-refractivity contribution in [2.75, 3.05) is 19.6 Å². The molecule has 24 heavy (non-hydrogen) atoms. The number of hydrogen-bond donors (Lipinski definition) is 0. The fourth-order valence-corrected chi connectivity index (χ4v) is 4.59. The van der Waals surface area contributed by atoms with Gasteiger partial charge in [0.05, 0.1) is 23.3 Å². The van der Waals surface area contributed by atoms with Crippen LogP contribution >= 0.6 is 11.3 Å². The second-order valence-electron chi connectivity index (χ2n) is 7.46. The van der Waals surface area contributed by atoms with Crippen LogP contribution in [0.25, 0.3) is 0 Å². The van der Waals surface area contributed by atoms with Gasteiger partial charge in [-0.2, -0.15) is 5.26 Å². The zero-order chi connectivity index (χ0) is 16.9. The van der Waals surface area contributed by atoms with Crippen LogP contribution in [-0.2, 0) is 16.1 Å². The van der Waals surface area contributed by atoms with Crippen LogP contribution in [0.15, 0.2) is 5.38 Å². The van der Waals surface area contributed by atoms with Crippen molar-refractivity contribution in [1.29, 1.82) is 5.26 Å². The van der Waals surface area contributed by atoms with E-state index in [1.807, 2.05) is 22.1 Å². The molecular weight excluding hydrogens is 324 g/mol. The molecule has 0 radical (unpaired) electrons. The first-order chi connectivity index (χ1) is 11.5. The molecule has 1 aromatic rings. The van der Waals surface area contributed by atoms with Crippen molar-refractivity contribution < 1.29 is 9.59 Å². The smallest absolute Gasteiger partial charge is 0.243 e. The number of nitrogens with zero attached hydrogens (tertiary/aromatic N) is 4. The van der Waals surface area contributed by atoms with E-state index in [1.54, 1.807) is 11.3 Å². The summed E-state index contributed by atoms with van der Waals surface area (Å²) in [5.41, 5.74) is 0.0465. The molecule has 0 N–H and O–H groups in total. The van der Waals surface area contributed by atoms with Crippen LogP contribution in [-0.4, -0.2) is 46.2 Å². The van der Waals surface area contributed by atoms with E-state index < -0.39 is 5.41 Å². The highest BCUT2D eigenvalue weighted by molar-refractivity contribution is 7.09. The Morgan fingerprint density at radius 3 is 2.83 bits per heavy atom. The summed E-state index contributed by atoms with van der Waals surface area (Å²) in [5.74, 6) is 0.124. The first-order valence-electron chi connectivity index (χ1n) is 8.35. The number of likely N-dealkylation sites (tertiary alicyclic amines) is 2. The van der Waals surface area contributed by atoms with Gasteiger partial charge in [0, 0.05) is 36.9 Å². The molecule has 0 aromatic carbocycles. The van der Waals surface area contributed by atoms with Gasteiger partial charge < -0.3 is 9.80 Å². The second kappa shape index (κ2) is 5.28. The van der Waals surface area contributed by atoms with Gasteiger partial charge >= 0.3 is 0 Å². The van der Waals surface area contributed by atoms with Crippen molar-refractivity contribution in [2.24, 2.45) is 10.8 Å². The third kappa shape index (κ3) is 2.49. The summed E-state index contributed by atoms with van der Waals surface area (Å²) in [7, 11) is 0. The van der Waals surface area contributed by atoms with E-state index in [2.05, 4.69) is 11.1 Å². The van der Waals surface area contributed by atoms with Crippen molar-refractivity contribution in [3.05, 3.63) is 16.1 Å². The molecule has 2 aliphatic heterocycles. The number of aryl methyl sites for hydroxylation is 1. The quantitative estimate of drug-likeness (QED) is 0.836. The SMILES string of the molecule is Cc1nc(CN2CC3(CCN(C(=O)C4(C#N)CC4)C3)CC2=O)cs1. The lowest BCUT2D eigenvalue weighted by atomic mass is 9.86. The second-order valence-corrected chi connectivity index (χ2v) is 8.52. The highest BCUT2D eigenvalue weighted by Crippen LogP contribution is 2.49. The molecule has 3 heterocycles. The number of carbonyl (C=O) groups excluding carboxylic acids is 2. The Balaban J connectivity index is 1.43. The molecule has 1 unspecified atom stereocenters. The van der Waals surface area contributed by atoms with E-state index in [0.717, 1.165) is 17.1 Å². The zero-order valence-electron chi connectivity index (χ0n) is 13.7. The van der Waals surface area contributed by atoms with Crippen molar-refractivity contribution in [1.82, 2.24) is 14.8 Å². The molecule has 3 fully saturated rings. The van der Waals surface area contributed by atoms with Crippen LogP contribution in [0.5, 0.6) is 0 Å². The van der Waals surface area contributed by atoms with Gasteiger partial charge in [0.2, 0.25) is 11.8 Å². The lowest BCUT2D eigenvalue weighted by Crippen LogP contribution is -2.37. The van der Waals surface area contributed by atoms with E-state index in [-0.39, 0.29) is 17.2 Å². The molecule has 1 aromatic heterocycles. The van der Waals surface area contributed by atoms with Crippen molar-refractivity contribution in [2.45, 2.75) is 39.2 Å². The predicted octanol–water partition coefficient (Wildman–Crippen LogP) is 1.71. The molecule has 2 amide bonds. The Kier molecular flexibility index (Phi) is 3.43. The number of aromatic nitrogens is 1. The van der Waals surface area contributed by atoms with Crippen LogP contribution in [0.4, 0.5) is 0 Å². The Morgan fingerprint density at radius 1 is 1.42 bits per heavy atom. The summed E-state index contributed by atoms with van der Waals surface area (Å²) in [6.07, 6.45) is 2.71. The average molecular weight is 344 g/mol. The largest absolute Gasteiger partial charge is 0.341 e. The van der Waals surface area contributed by atoms with Crippen LogP contribution in [0.3, 0.4) is 0 Å². The molecule has 7 heteroatoms. The minimum absolute atomic E-state index is 0.0251. The van der Waals surface area contributed by atoms with Crippen molar-refractivity contribution >= 4 is 23.2 Å². The van der Waals surface area contributed by atoms with Crippen molar-refractivity contribution in [3.63, 3.8) is 0 Å².